The highest BCUT2D eigenvalue weighted by atomic mass is 32.2. The Morgan fingerprint density at radius 2 is 2.20 bits per heavy atom. The van der Waals surface area contributed by atoms with Crippen LogP contribution in [0.1, 0.15) is 52.9 Å². The molecule has 0 aromatic heterocycles. The van der Waals surface area contributed by atoms with Crippen LogP contribution in [0, 0.1) is 0 Å². The lowest BCUT2D eigenvalue weighted by Gasteiger charge is -2.11. The van der Waals surface area contributed by atoms with E-state index in [-0.39, 0.29) is 5.25 Å². The molecular formula is C12H23NOS. The van der Waals surface area contributed by atoms with Crippen molar-refractivity contribution >= 4 is 17.1 Å². The van der Waals surface area contributed by atoms with E-state index in [9.17, 15) is 4.55 Å². The minimum Gasteiger partial charge on any atom is -0.591 e. The second-order valence-corrected chi connectivity index (χ2v) is 5.23. The van der Waals surface area contributed by atoms with Crippen molar-refractivity contribution in [3.63, 3.8) is 0 Å². The van der Waals surface area contributed by atoms with Gasteiger partial charge in [0, 0.05) is 0 Å². The quantitative estimate of drug-likeness (QED) is 0.271. The maximum atomic E-state index is 11.7. The van der Waals surface area contributed by atoms with Crippen LogP contribution in [0.2, 0.25) is 0 Å². The summed E-state index contributed by atoms with van der Waals surface area (Å²) < 4.78 is 16.0. The first kappa shape index (κ1) is 14.7. The van der Waals surface area contributed by atoms with Crippen molar-refractivity contribution in [1.82, 2.24) is 0 Å². The summed E-state index contributed by atoms with van der Waals surface area (Å²) in [6.07, 6.45) is 6.76. The zero-order valence-corrected chi connectivity index (χ0v) is 11.0. The average Bonchev–Trinajstić information content (AvgIpc) is 2.26. The van der Waals surface area contributed by atoms with Gasteiger partial charge in [0.1, 0.15) is 5.25 Å². The van der Waals surface area contributed by atoms with Crippen molar-refractivity contribution in [2.45, 2.75) is 58.1 Å². The summed E-state index contributed by atoms with van der Waals surface area (Å²) >= 11 is -1.04. The lowest BCUT2D eigenvalue weighted by Crippen LogP contribution is -2.16. The van der Waals surface area contributed by atoms with Crippen LogP contribution in [-0.2, 0) is 11.4 Å². The van der Waals surface area contributed by atoms with Gasteiger partial charge >= 0.3 is 0 Å². The molecule has 0 heterocycles. The van der Waals surface area contributed by atoms with E-state index in [0.717, 1.165) is 37.8 Å². The van der Waals surface area contributed by atoms with Crippen molar-refractivity contribution < 1.29 is 4.55 Å². The molecule has 2 nitrogen and oxygen atoms in total. The van der Waals surface area contributed by atoms with E-state index < -0.39 is 11.4 Å². The molecule has 0 saturated carbocycles. The number of unbranched alkanes of at least 4 members (excludes halogenated alkanes) is 1. The predicted octanol–water partition coefficient (Wildman–Crippen LogP) is 3.66. The van der Waals surface area contributed by atoms with E-state index in [2.05, 4.69) is 17.9 Å². The molecule has 15 heavy (non-hydrogen) atoms. The van der Waals surface area contributed by atoms with Crippen molar-refractivity contribution in [3.8, 4) is 0 Å². The SMILES string of the molecule is C=CCCCC(CC)=N[S+]([O-])C(C)CC. The van der Waals surface area contributed by atoms with Gasteiger partial charge in [-0.2, -0.15) is 0 Å². The van der Waals surface area contributed by atoms with E-state index in [1.165, 1.54) is 0 Å². The fourth-order valence-electron chi connectivity index (χ4n) is 1.10. The normalized spacial score (nSPS) is 16.1. The Morgan fingerprint density at radius 3 is 2.67 bits per heavy atom. The van der Waals surface area contributed by atoms with Crippen molar-refractivity contribution in [3.05, 3.63) is 12.7 Å². The third-order valence-corrected chi connectivity index (χ3v) is 3.88. The van der Waals surface area contributed by atoms with E-state index in [0.29, 0.717) is 0 Å². The molecule has 0 aromatic rings. The van der Waals surface area contributed by atoms with Crippen LogP contribution in [0.15, 0.2) is 17.1 Å². The topological polar surface area (TPSA) is 35.4 Å². The zero-order valence-electron chi connectivity index (χ0n) is 10.2. The molecule has 3 heteroatoms. The highest BCUT2D eigenvalue weighted by Crippen LogP contribution is 2.11. The Labute approximate surface area is 97.2 Å². The first-order valence-electron chi connectivity index (χ1n) is 5.73. The van der Waals surface area contributed by atoms with Crippen LogP contribution < -0.4 is 0 Å². The van der Waals surface area contributed by atoms with Crippen LogP contribution in [0.5, 0.6) is 0 Å². The summed E-state index contributed by atoms with van der Waals surface area (Å²) in [6, 6.07) is 0. The Balaban J connectivity index is 4.12. The molecule has 0 aliphatic rings. The van der Waals surface area contributed by atoms with Crippen molar-refractivity contribution in [2.75, 3.05) is 0 Å². The molecule has 88 valence electrons. The van der Waals surface area contributed by atoms with Crippen molar-refractivity contribution in [2.24, 2.45) is 4.40 Å². The average molecular weight is 229 g/mol. The first-order chi connectivity index (χ1) is 7.15. The smallest absolute Gasteiger partial charge is 0.140 e. The maximum Gasteiger partial charge on any atom is 0.140 e. The van der Waals surface area contributed by atoms with E-state index in [1.54, 1.807) is 0 Å². The van der Waals surface area contributed by atoms with Gasteiger partial charge in [-0.25, -0.2) is 0 Å². The molecule has 0 bridgehead atoms. The van der Waals surface area contributed by atoms with Crippen LogP contribution in [0.25, 0.3) is 0 Å². The fraction of sp³-hybridized carbons (Fsp3) is 0.750. The van der Waals surface area contributed by atoms with Crippen molar-refractivity contribution in [1.29, 1.82) is 0 Å². The molecule has 0 fully saturated rings. The Morgan fingerprint density at radius 1 is 1.53 bits per heavy atom. The molecule has 0 saturated heterocycles. The molecule has 0 spiro atoms. The largest absolute Gasteiger partial charge is 0.591 e. The van der Waals surface area contributed by atoms with Crippen LogP contribution in [0.3, 0.4) is 0 Å². The zero-order chi connectivity index (χ0) is 11.7. The van der Waals surface area contributed by atoms with Gasteiger partial charge in [-0.3, -0.25) is 0 Å². The summed E-state index contributed by atoms with van der Waals surface area (Å²) in [5.74, 6) is 0. The fourth-order valence-corrected chi connectivity index (χ4v) is 2.04. The predicted molar refractivity (Wildman–Crippen MR) is 69.7 cm³/mol. The van der Waals surface area contributed by atoms with Gasteiger partial charge in [0.05, 0.1) is 17.1 Å². The lowest BCUT2D eigenvalue weighted by molar-refractivity contribution is 0.581. The highest BCUT2D eigenvalue weighted by Gasteiger charge is 2.15. The van der Waals surface area contributed by atoms with E-state index in [4.69, 9.17) is 0 Å². The summed E-state index contributed by atoms with van der Waals surface area (Å²) in [6.45, 7) is 9.78. The molecule has 0 aliphatic heterocycles. The summed E-state index contributed by atoms with van der Waals surface area (Å²) in [7, 11) is 0. The molecular weight excluding hydrogens is 206 g/mol. The molecule has 0 amide bonds. The van der Waals surface area contributed by atoms with Crippen LogP contribution >= 0.6 is 0 Å². The Hall–Kier alpha value is -0.280. The third kappa shape index (κ3) is 6.74. The minimum atomic E-state index is -1.04. The number of nitrogens with zero attached hydrogens (tertiary/aromatic N) is 1. The molecule has 0 rings (SSSR count). The van der Waals surface area contributed by atoms with Gasteiger partial charge in [0.25, 0.3) is 0 Å². The van der Waals surface area contributed by atoms with Gasteiger partial charge in [-0.15, -0.1) is 6.58 Å². The number of hydrogen-bond acceptors (Lipinski definition) is 2. The number of allylic oxidation sites excluding steroid dienone is 1. The number of rotatable bonds is 8. The van der Waals surface area contributed by atoms with Gasteiger partial charge in [0.2, 0.25) is 0 Å². The molecule has 0 aliphatic carbocycles. The monoisotopic (exact) mass is 229 g/mol. The molecule has 0 aromatic carbocycles. The van der Waals surface area contributed by atoms with Gasteiger partial charge in [-0.1, -0.05) is 24.3 Å². The lowest BCUT2D eigenvalue weighted by atomic mass is 10.1. The minimum absolute atomic E-state index is 0.172. The van der Waals surface area contributed by atoms with Crippen LogP contribution in [-0.4, -0.2) is 15.5 Å². The molecule has 0 N–H and O–H groups in total. The summed E-state index contributed by atoms with van der Waals surface area (Å²) in [4.78, 5) is 0. The van der Waals surface area contributed by atoms with Crippen LogP contribution in [0.4, 0.5) is 0 Å². The highest BCUT2D eigenvalue weighted by molar-refractivity contribution is 7.90. The second kappa shape index (κ2) is 8.98. The van der Waals surface area contributed by atoms with E-state index >= 15 is 0 Å². The Kier molecular flexibility index (Phi) is 8.82. The third-order valence-electron chi connectivity index (χ3n) is 2.42. The Bertz CT molecular complexity index is 204. The maximum absolute atomic E-state index is 11.7. The standard InChI is InChI=1S/C12H23NOS/c1-5-8-9-10-12(7-3)13-15(14)11(4)6-2/h5,11H,1,6-10H2,2-4H3. The second-order valence-electron chi connectivity index (χ2n) is 3.69. The van der Waals surface area contributed by atoms with E-state index in [1.807, 2.05) is 19.9 Å². The summed E-state index contributed by atoms with van der Waals surface area (Å²) in [5, 5.41) is 0.172. The first-order valence-corrected chi connectivity index (χ1v) is 6.90. The molecule has 2 unspecified atom stereocenters. The number of hydrogen-bond donors (Lipinski definition) is 0. The van der Waals surface area contributed by atoms with Gasteiger partial charge in [0.15, 0.2) is 0 Å². The van der Waals surface area contributed by atoms with Gasteiger partial charge < -0.3 is 4.55 Å². The molecule has 2 atom stereocenters. The molecule has 0 radical (unpaired) electrons. The summed E-state index contributed by atoms with van der Waals surface area (Å²) in [5.41, 5.74) is 1.08. The van der Waals surface area contributed by atoms with Gasteiger partial charge in [-0.05, 0) is 39.0 Å².